The Bertz CT molecular complexity index is 1450. The number of aromatic nitrogens is 3. The van der Waals surface area contributed by atoms with Gasteiger partial charge in [0.15, 0.2) is 11.6 Å². The molecule has 0 unspecified atom stereocenters. The molecule has 0 saturated heterocycles. The average Bonchev–Trinajstić information content (AvgIpc) is 2.95. The van der Waals surface area contributed by atoms with Crippen LogP contribution in [0.3, 0.4) is 0 Å². The number of carbonyl (C=O) groups excluding carboxylic acids is 2. The molecule has 6 N–H and O–H groups in total. The van der Waals surface area contributed by atoms with Crippen molar-refractivity contribution in [2.45, 2.75) is 6.42 Å². The number of Topliss-reactive ketones (excluding diaryl/α,β-unsaturated/α-hetero) is 1. The Morgan fingerprint density at radius 3 is 2.23 bits per heavy atom. The monoisotopic (exact) mass is 507 g/mol. The molecule has 0 saturated carbocycles. The number of fused-ring (bicyclic) bond motifs is 2. The highest BCUT2D eigenvalue weighted by Gasteiger charge is 2.27. The number of nitrogens with two attached hydrogens (primary N) is 3. The van der Waals surface area contributed by atoms with Crippen LogP contribution in [0.1, 0.15) is 15.9 Å². The van der Waals surface area contributed by atoms with Crippen LogP contribution in [0.4, 0.5) is 27.9 Å². The number of anilines is 4. The number of halogens is 2. The Labute approximate surface area is 210 Å². The average molecular weight is 508 g/mol. The van der Waals surface area contributed by atoms with Crippen LogP contribution in [0.2, 0.25) is 10.0 Å². The van der Waals surface area contributed by atoms with Crippen LogP contribution in [0, 0.1) is 0 Å². The molecule has 0 bridgehead atoms. The molecule has 1 aromatic heterocycles. The number of para-hydroxylation sites is 2. The second-order valence-electron chi connectivity index (χ2n) is 7.42. The molecule has 0 radical (unpaired) electrons. The van der Waals surface area contributed by atoms with Gasteiger partial charge in [-0.3, -0.25) is 9.69 Å². The van der Waals surface area contributed by atoms with E-state index in [0.29, 0.717) is 38.2 Å². The van der Waals surface area contributed by atoms with Gasteiger partial charge in [-0.25, -0.2) is 4.79 Å². The smallest absolute Gasteiger partial charge is 0.323 e. The van der Waals surface area contributed by atoms with Crippen LogP contribution in [-0.2, 0) is 6.42 Å². The number of carbonyl (C=O) groups is 2. The first-order valence-electron chi connectivity index (χ1n) is 10.3. The molecule has 11 heteroatoms. The lowest BCUT2D eigenvalue weighted by atomic mass is 10.0. The first-order chi connectivity index (χ1) is 16.8. The lowest BCUT2D eigenvalue weighted by Gasteiger charge is -2.22. The molecule has 2 amide bonds. The van der Waals surface area contributed by atoms with Gasteiger partial charge in [-0.2, -0.15) is 4.98 Å². The van der Waals surface area contributed by atoms with Gasteiger partial charge < -0.3 is 17.2 Å². The van der Waals surface area contributed by atoms with Gasteiger partial charge in [0.05, 0.1) is 21.4 Å². The summed E-state index contributed by atoms with van der Waals surface area (Å²) >= 11 is 11.9. The van der Waals surface area contributed by atoms with Crippen molar-refractivity contribution < 1.29 is 9.59 Å². The van der Waals surface area contributed by atoms with Crippen molar-refractivity contribution >= 4 is 58.2 Å². The minimum Gasteiger partial charge on any atom is -0.382 e. The molecule has 1 aliphatic heterocycles. The van der Waals surface area contributed by atoms with Crippen LogP contribution in [-0.4, -0.2) is 27.0 Å². The molecule has 176 valence electrons. The Morgan fingerprint density at radius 1 is 0.857 bits per heavy atom. The number of hydrogen-bond acceptors (Lipinski definition) is 7. The molecule has 9 nitrogen and oxygen atoms in total. The summed E-state index contributed by atoms with van der Waals surface area (Å²) < 4.78 is 0. The number of benzene rings is 3. The van der Waals surface area contributed by atoms with Gasteiger partial charge in [-0.1, -0.05) is 65.7 Å². The Balaban J connectivity index is 0.000000168. The van der Waals surface area contributed by atoms with Gasteiger partial charge in [0, 0.05) is 17.5 Å². The fraction of sp³-hybridized carbons (Fsp3) is 0.0417. The maximum atomic E-state index is 12.3. The number of hydrogen-bond donors (Lipinski definition) is 3. The normalized spacial score (nSPS) is 12.1. The van der Waals surface area contributed by atoms with Crippen LogP contribution < -0.4 is 22.1 Å². The highest BCUT2D eigenvalue weighted by Crippen LogP contribution is 2.36. The molecule has 4 aromatic rings. The summed E-state index contributed by atoms with van der Waals surface area (Å²) in [4.78, 5) is 29.2. The van der Waals surface area contributed by atoms with E-state index in [1.165, 1.54) is 4.90 Å². The van der Waals surface area contributed by atoms with Gasteiger partial charge >= 0.3 is 6.03 Å². The fourth-order valence-corrected chi connectivity index (χ4v) is 4.04. The van der Waals surface area contributed by atoms with Gasteiger partial charge in [0.2, 0.25) is 5.95 Å². The van der Waals surface area contributed by atoms with E-state index in [2.05, 4.69) is 15.2 Å². The number of ketones is 1. The first kappa shape index (κ1) is 23.9. The number of rotatable bonds is 1. The molecule has 3 aromatic carbocycles. The molecule has 0 spiro atoms. The Morgan fingerprint density at radius 2 is 1.51 bits per heavy atom. The Kier molecular flexibility index (Phi) is 6.81. The summed E-state index contributed by atoms with van der Waals surface area (Å²) in [6.07, 6.45) is 0.275. The van der Waals surface area contributed by atoms with Crippen LogP contribution >= 0.6 is 23.2 Å². The van der Waals surface area contributed by atoms with Crippen molar-refractivity contribution in [1.29, 1.82) is 0 Å². The predicted molar refractivity (Wildman–Crippen MR) is 137 cm³/mol. The summed E-state index contributed by atoms with van der Waals surface area (Å²) in [7, 11) is 0. The number of amides is 2. The molecular formula is C24H19Cl2N7O2. The lowest BCUT2D eigenvalue weighted by molar-refractivity contribution is 0.0994. The van der Waals surface area contributed by atoms with Crippen molar-refractivity contribution in [2.75, 3.05) is 16.4 Å². The molecule has 0 atom stereocenters. The van der Waals surface area contributed by atoms with Crippen molar-refractivity contribution in [3.05, 3.63) is 87.9 Å². The van der Waals surface area contributed by atoms with Crippen molar-refractivity contribution in [3.8, 4) is 11.3 Å². The molecule has 5 rings (SSSR count). The van der Waals surface area contributed by atoms with E-state index < -0.39 is 6.03 Å². The largest absolute Gasteiger partial charge is 0.382 e. The van der Waals surface area contributed by atoms with Crippen LogP contribution in [0.25, 0.3) is 11.3 Å². The maximum absolute atomic E-state index is 12.3. The highest BCUT2D eigenvalue weighted by molar-refractivity contribution is 6.43. The van der Waals surface area contributed by atoms with E-state index >= 15 is 0 Å². The van der Waals surface area contributed by atoms with Gasteiger partial charge in [0.1, 0.15) is 5.69 Å². The van der Waals surface area contributed by atoms with E-state index in [1.807, 2.05) is 18.2 Å². The fourth-order valence-electron chi connectivity index (χ4n) is 3.65. The zero-order valence-corrected chi connectivity index (χ0v) is 19.7. The molecule has 0 aliphatic carbocycles. The third kappa shape index (κ3) is 4.86. The molecule has 1 aliphatic rings. The number of nitrogen functional groups attached to an aromatic ring is 2. The number of nitrogens with zero attached hydrogens (tertiary/aromatic N) is 4. The van der Waals surface area contributed by atoms with E-state index in [9.17, 15) is 9.59 Å². The number of primary amides is 1. The third-order valence-corrected chi connectivity index (χ3v) is 6.00. The molecule has 0 fully saturated rings. The van der Waals surface area contributed by atoms with Gasteiger partial charge in [-0.15, -0.1) is 10.2 Å². The second-order valence-corrected chi connectivity index (χ2v) is 8.21. The van der Waals surface area contributed by atoms with Crippen molar-refractivity contribution in [3.63, 3.8) is 0 Å². The Hall–Kier alpha value is -4.21. The SMILES string of the molecule is NC(=O)N1c2ccccc2CC(=O)c2ccccc21.Nc1nnc(-c2cccc(Cl)c2Cl)c(N)n1. The zero-order chi connectivity index (χ0) is 25.1. The summed E-state index contributed by atoms with van der Waals surface area (Å²) in [5, 5.41) is 8.24. The van der Waals surface area contributed by atoms with E-state index in [1.54, 1.807) is 48.5 Å². The zero-order valence-electron chi connectivity index (χ0n) is 18.2. The minimum atomic E-state index is -0.588. The minimum absolute atomic E-state index is 0.00759. The van der Waals surface area contributed by atoms with E-state index in [0.717, 1.165) is 5.56 Å². The van der Waals surface area contributed by atoms with Crippen molar-refractivity contribution in [1.82, 2.24) is 15.2 Å². The van der Waals surface area contributed by atoms with Crippen LogP contribution in [0.5, 0.6) is 0 Å². The van der Waals surface area contributed by atoms with E-state index in [-0.39, 0.29) is 24.0 Å². The first-order valence-corrected chi connectivity index (χ1v) is 11.0. The molecule has 2 heterocycles. The summed E-state index contributed by atoms with van der Waals surface area (Å²) in [5.74, 6) is 0.169. The summed E-state index contributed by atoms with van der Waals surface area (Å²) in [5.41, 5.74) is 20.0. The predicted octanol–water partition coefficient (Wildman–Crippen LogP) is 4.65. The van der Waals surface area contributed by atoms with Crippen molar-refractivity contribution in [2.24, 2.45) is 5.73 Å². The molecule has 35 heavy (non-hydrogen) atoms. The maximum Gasteiger partial charge on any atom is 0.323 e. The summed E-state index contributed by atoms with van der Waals surface area (Å²) in [6.45, 7) is 0. The van der Waals surface area contributed by atoms with Crippen LogP contribution in [0.15, 0.2) is 66.7 Å². The van der Waals surface area contributed by atoms with E-state index in [4.69, 9.17) is 40.4 Å². The second kappa shape index (κ2) is 9.96. The quantitative estimate of drug-likeness (QED) is 0.338. The molecular weight excluding hydrogens is 489 g/mol. The lowest BCUT2D eigenvalue weighted by Crippen LogP contribution is -2.32. The number of urea groups is 1. The standard InChI is InChI=1S/C15H12N2O2.C9H7Cl2N5/c16-15(19)17-12-7-3-1-5-10(12)9-14(18)11-6-2-4-8-13(11)17;10-5-3-1-2-4(6(5)11)7-8(12)14-9(13)16-15-7/h1-8H,9H2,(H2,16,19);1-3H,(H4,12,13,14,16). The van der Waals surface area contributed by atoms with Gasteiger partial charge in [0.25, 0.3) is 0 Å². The highest BCUT2D eigenvalue weighted by atomic mass is 35.5. The van der Waals surface area contributed by atoms with Gasteiger partial charge in [-0.05, 0) is 29.8 Å². The third-order valence-electron chi connectivity index (χ3n) is 5.19. The summed E-state index contributed by atoms with van der Waals surface area (Å²) in [6, 6.07) is 18.9. The topological polar surface area (TPSA) is 154 Å².